The molecule has 0 amide bonds. The molecule has 0 aliphatic carbocycles. The molecule has 0 N–H and O–H groups in total. The van der Waals surface area contributed by atoms with Gasteiger partial charge in [-0.05, 0) is 147 Å². The van der Waals surface area contributed by atoms with Crippen LogP contribution >= 0.6 is 11.3 Å². The highest BCUT2D eigenvalue weighted by molar-refractivity contribution is 7.25. The van der Waals surface area contributed by atoms with E-state index in [1.54, 1.807) is 0 Å². The zero-order valence-corrected chi connectivity index (χ0v) is 42.8. The number of rotatable bonds is 5. The molecule has 0 bridgehead atoms. The Hall–Kier alpha value is -10.1. The van der Waals surface area contributed by atoms with Crippen LogP contribution in [0.25, 0.3) is 168 Å². The molecule has 360 valence electrons. The molecule has 0 fully saturated rings. The molecule has 0 saturated carbocycles. The summed E-state index contributed by atoms with van der Waals surface area (Å²) in [6, 6.07) is 93.1. The van der Waals surface area contributed by atoms with E-state index in [0.717, 1.165) is 55.3 Å². The van der Waals surface area contributed by atoms with Gasteiger partial charge < -0.3 is 4.57 Å². The van der Waals surface area contributed by atoms with E-state index >= 15 is 0 Å². The molecule has 0 radical (unpaired) electrons. The summed E-state index contributed by atoms with van der Waals surface area (Å²) < 4.78 is 4.94. The molecule has 14 aromatic carbocycles. The van der Waals surface area contributed by atoms with Crippen LogP contribution in [-0.4, -0.2) is 19.5 Å². The largest absolute Gasteiger partial charge is 0.309 e. The Morgan fingerprint density at radius 2 is 0.679 bits per heavy atom. The van der Waals surface area contributed by atoms with Crippen molar-refractivity contribution < 1.29 is 0 Å². The van der Waals surface area contributed by atoms with Crippen molar-refractivity contribution in [1.82, 2.24) is 19.5 Å². The summed E-state index contributed by atoms with van der Waals surface area (Å²) >= 11 is 1.84. The fourth-order valence-corrected chi connectivity index (χ4v) is 13.9. The van der Waals surface area contributed by atoms with Gasteiger partial charge in [-0.15, -0.1) is 11.3 Å². The van der Waals surface area contributed by atoms with Gasteiger partial charge in [0.2, 0.25) is 0 Å². The second-order valence-electron chi connectivity index (χ2n) is 20.6. The van der Waals surface area contributed by atoms with Gasteiger partial charge in [-0.1, -0.05) is 194 Å². The van der Waals surface area contributed by atoms with Crippen molar-refractivity contribution in [2.75, 3.05) is 0 Å². The molecule has 0 spiro atoms. The minimum absolute atomic E-state index is 0.605. The van der Waals surface area contributed by atoms with Crippen molar-refractivity contribution in [3.05, 3.63) is 255 Å². The molecule has 4 nitrogen and oxygen atoms in total. The molecule has 0 atom stereocenters. The maximum Gasteiger partial charge on any atom is 0.164 e. The summed E-state index contributed by atoms with van der Waals surface area (Å²) in [5.41, 5.74) is 8.27. The number of benzene rings is 14. The van der Waals surface area contributed by atoms with Gasteiger partial charge in [-0.3, -0.25) is 0 Å². The lowest BCUT2D eigenvalue weighted by Gasteiger charge is -2.16. The number of hydrogen-bond donors (Lipinski definition) is 0. The van der Waals surface area contributed by atoms with E-state index in [1.807, 2.05) is 11.3 Å². The van der Waals surface area contributed by atoms with Crippen LogP contribution in [0.1, 0.15) is 0 Å². The molecule has 17 rings (SSSR count). The van der Waals surface area contributed by atoms with Gasteiger partial charge in [0.15, 0.2) is 17.5 Å². The number of hydrogen-bond acceptors (Lipinski definition) is 4. The first-order valence-electron chi connectivity index (χ1n) is 26.6. The van der Waals surface area contributed by atoms with E-state index in [-0.39, 0.29) is 0 Å². The highest BCUT2D eigenvalue weighted by Crippen LogP contribution is 2.44. The topological polar surface area (TPSA) is 43.6 Å². The first-order valence-corrected chi connectivity index (χ1v) is 27.4. The maximum absolute atomic E-state index is 5.59. The van der Waals surface area contributed by atoms with Gasteiger partial charge >= 0.3 is 0 Å². The van der Waals surface area contributed by atoms with Crippen LogP contribution in [0.15, 0.2) is 255 Å². The Morgan fingerprint density at radius 3 is 1.27 bits per heavy atom. The monoisotopic (exact) mass is 1010 g/mol. The Bertz CT molecular complexity index is 5170. The van der Waals surface area contributed by atoms with Gasteiger partial charge in [0.1, 0.15) is 0 Å². The lowest BCUT2D eigenvalue weighted by molar-refractivity contribution is 1.07. The van der Waals surface area contributed by atoms with Crippen LogP contribution in [0.5, 0.6) is 0 Å². The minimum atomic E-state index is 0.605. The predicted octanol–water partition coefficient (Wildman–Crippen LogP) is 20.1. The van der Waals surface area contributed by atoms with Crippen LogP contribution in [0, 0.1) is 0 Å². The molecule has 17 aromatic rings. The summed E-state index contributed by atoms with van der Waals surface area (Å²) in [5.74, 6) is 1.83. The molecule has 3 aromatic heterocycles. The molecule has 0 unspecified atom stereocenters. The first kappa shape index (κ1) is 43.2. The fraction of sp³-hybridized carbons (Fsp3) is 0. The second-order valence-corrected chi connectivity index (χ2v) is 21.7. The Balaban J connectivity index is 0.945. The number of thiophene rings is 1. The van der Waals surface area contributed by atoms with Gasteiger partial charge in [0.05, 0.1) is 11.0 Å². The van der Waals surface area contributed by atoms with Crippen LogP contribution in [0.4, 0.5) is 0 Å². The number of fused-ring (bicyclic) bond motifs is 19. The Kier molecular flexibility index (Phi) is 9.26. The predicted molar refractivity (Wildman–Crippen MR) is 331 cm³/mol. The van der Waals surface area contributed by atoms with E-state index in [1.165, 1.54) is 95.6 Å². The standard InChI is InChI=1S/C73H42N4S/c1-2-16-44-40-68-66(37-43(44)15-1)59-25-11-13-27-67(59)77(68)48-32-36-62(63(42-48)45-29-35-61-60-26-12-14-28-69(60)78-70(61)41-45)73-75-71(46-30-33-57-53-21-5-3-17-49(53)51-19-7-9-23-55(51)64(57)38-46)74-72(76-73)47-31-34-58-54-22-6-4-18-50(54)52-20-8-10-24-56(52)65(58)39-47/h1-42H. The van der Waals surface area contributed by atoms with Crippen LogP contribution in [0.2, 0.25) is 0 Å². The SMILES string of the molecule is c1ccc2cc3c(cc2c1)c1ccccc1n3-c1ccc(-c2nc(-c3ccc4c5ccccc5c5ccccc5c4c3)nc(-c3ccc4c5ccccc5c5ccccc5c4c3)n2)c(-c2ccc3c(c2)sc2ccccc23)c1. The maximum atomic E-state index is 5.59. The summed E-state index contributed by atoms with van der Waals surface area (Å²) in [7, 11) is 0. The van der Waals surface area contributed by atoms with E-state index in [4.69, 9.17) is 15.0 Å². The van der Waals surface area contributed by atoms with Gasteiger partial charge in [-0.25, -0.2) is 15.0 Å². The third-order valence-electron chi connectivity index (χ3n) is 16.4. The molecule has 5 heteroatoms. The van der Waals surface area contributed by atoms with Crippen molar-refractivity contribution in [3.63, 3.8) is 0 Å². The second kappa shape index (κ2) is 16.7. The summed E-state index contributed by atoms with van der Waals surface area (Å²) in [4.78, 5) is 16.7. The summed E-state index contributed by atoms with van der Waals surface area (Å²) in [6.07, 6.45) is 0. The normalized spacial score (nSPS) is 12.1. The number of aromatic nitrogens is 4. The van der Waals surface area contributed by atoms with Crippen molar-refractivity contribution in [2.45, 2.75) is 0 Å². The van der Waals surface area contributed by atoms with E-state index in [2.05, 4.69) is 259 Å². The van der Waals surface area contributed by atoms with Crippen molar-refractivity contribution in [1.29, 1.82) is 0 Å². The first-order chi connectivity index (χ1) is 38.6. The van der Waals surface area contributed by atoms with Gasteiger partial charge in [0.25, 0.3) is 0 Å². The van der Waals surface area contributed by atoms with Crippen LogP contribution < -0.4 is 0 Å². The highest BCUT2D eigenvalue weighted by atomic mass is 32.1. The van der Waals surface area contributed by atoms with Gasteiger partial charge in [0, 0.05) is 53.3 Å². The number of para-hydroxylation sites is 1. The molecular weight excluding hydrogens is 965 g/mol. The third-order valence-corrected chi connectivity index (χ3v) is 17.5. The van der Waals surface area contributed by atoms with Crippen molar-refractivity contribution >= 4 is 129 Å². The Morgan fingerprint density at radius 1 is 0.244 bits per heavy atom. The molecule has 0 aliphatic heterocycles. The van der Waals surface area contributed by atoms with Crippen molar-refractivity contribution in [2.24, 2.45) is 0 Å². The quantitative estimate of drug-likeness (QED) is 0.161. The summed E-state index contributed by atoms with van der Waals surface area (Å²) in [5, 5.41) is 21.9. The smallest absolute Gasteiger partial charge is 0.164 e. The van der Waals surface area contributed by atoms with Gasteiger partial charge in [-0.2, -0.15) is 0 Å². The minimum Gasteiger partial charge on any atom is -0.309 e. The van der Waals surface area contributed by atoms with E-state index in [9.17, 15) is 0 Å². The molecular formula is C73H42N4S. The van der Waals surface area contributed by atoms with Crippen molar-refractivity contribution in [3.8, 4) is 51.0 Å². The van der Waals surface area contributed by atoms with Crippen LogP contribution in [-0.2, 0) is 0 Å². The fourth-order valence-electron chi connectivity index (χ4n) is 12.8. The summed E-state index contributed by atoms with van der Waals surface area (Å²) in [6.45, 7) is 0. The molecule has 0 aliphatic rings. The lowest BCUT2D eigenvalue weighted by Crippen LogP contribution is -2.02. The average molecular weight is 1010 g/mol. The molecule has 3 heterocycles. The van der Waals surface area contributed by atoms with E-state index in [0.29, 0.717) is 17.5 Å². The highest BCUT2D eigenvalue weighted by Gasteiger charge is 2.22. The zero-order valence-electron chi connectivity index (χ0n) is 41.9. The zero-order chi connectivity index (χ0) is 51.0. The lowest BCUT2D eigenvalue weighted by atomic mass is 9.93. The average Bonchev–Trinajstić information content (AvgIpc) is 4.07. The van der Waals surface area contributed by atoms with Crippen LogP contribution in [0.3, 0.4) is 0 Å². The molecule has 78 heavy (non-hydrogen) atoms. The third kappa shape index (κ3) is 6.49. The number of nitrogens with zero attached hydrogens (tertiary/aromatic N) is 4. The van der Waals surface area contributed by atoms with E-state index < -0.39 is 0 Å². The Labute approximate surface area is 451 Å². The molecule has 0 saturated heterocycles.